The number of imidazole rings is 1. The number of nitrogens with zero attached hydrogens (tertiary/aromatic N) is 2. The fourth-order valence-corrected chi connectivity index (χ4v) is 5.77. The topological polar surface area (TPSA) is 95.2 Å². The lowest BCUT2D eigenvalue weighted by atomic mass is 10.1. The van der Waals surface area contributed by atoms with Crippen LogP contribution in [0.3, 0.4) is 0 Å². The fourth-order valence-electron chi connectivity index (χ4n) is 3.93. The molecule has 1 aliphatic heterocycles. The van der Waals surface area contributed by atoms with E-state index >= 15 is 0 Å². The molecule has 2 heterocycles. The highest BCUT2D eigenvalue weighted by Crippen LogP contribution is 2.30. The van der Waals surface area contributed by atoms with Crippen LogP contribution < -0.4 is 9.62 Å². The van der Waals surface area contributed by atoms with Crippen LogP contribution in [-0.4, -0.2) is 36.6 Å². The van der Waals surface area contributed by atoms with Gasteiger partial charge in [-0.3, -0.25) is 9.10 Å². The standard InChI is InChI=1S/C24H21ClN4O3S/c25-20-12-9-17(15-19(20)23-27-21-5-1-2-6-22(21)28-23)26-24(30)16-7-10-18(11-8-16)29-13-3-4-14-33(29,31)32/h1-2,5-12,15H,3-4,13-14H2,(H,26,30)(H,27,28). The van der Waals surface area contributed by atoms with Crippen LogP contribution in [0.25, 0.3) is 22.4 Å². The first-order chi connectivity index (χ1) is 15.9. The lowest BCUT2D eigenvalue weighted by Gasteiger charge is -2.28. The number of para-hydroxylation sites is 2. The van der Waals surface area contributed by atoms with Crippen molar-refractivity contribution >= 4 is 49.9 Å². The number of sulfonamides is 1. The quantitative estimate of drug-likeness (QED) is 0.426. The molecule has 1 fully saturated rings. The summed E-state index contributed by atoms with van der Waals surface area (Å²) in [6, 6.07) is 19.5. The van der Waals surface area contributed by atoms with Gasteiger partial charge in [0.25, 0.3) is 5.91 Å². The number of aromatic amines is 1. The molecule has 0 radical (unpaired) electrons. The molecule has 9 heteroatoms. The van der Waals surface area contributed by atoms with Crippen LogP contribution in [0.1, 0.15) is 23.2 Å². The molecular weight excluding hydrogens is 460 g/mol. The van der Waals surface area contributed by atoms with Gasteiger partial charge < -0.3 is 10.3 Å². The minimum Gasteiger partial charge on any atom is -0.338 e. The predicted molar refractivity (Wildman–Crippen MR) is 131 cm³/mol. The lowest BCUT2D eigenvalue weighted by Crippen LogP contribution is -2.37. The van der Waals surface area contributed by atoms with E-state index < -0.39 is 10.0 Å². The molecule has 4 aromatic rings. The highest BCUT2D eigenvalue weighted by molar-refractivity contribution is 7.92. The largest absolute Gasteiger partial charge is 0.338 e. The molecule has 0 atom stereocenters. The smallest absolute Gasteiger partial charge is 0.255 e. The van der Waals surface area contributed by atoms with Crippen molar-refractivity contribution in [2.45, 2.75) is 12.8 Å². The highest BCUT2D eigenvalue weighted by atomic mass is 35.5. The van der Waals surface area contributed by atoms with Crippen molar-refractivity contribution in [1.29, 1.82) is 0 Å². The van der Waals surface area contributed by atoms with E-state index in [0.29, 0.717) is 46.3 Å². The van der Waals surface area contributed by atoms with Crippen molar-refractivity contribution in [3.05, 3.63) is 77.3 Å². The number of hydrogen-bond donors (Lipinski definition) is 2. The molecule has 1 amide bonds. The van der Waals surface area contributed by atoms with Crippen LogP contribution in [-0.2, 0) is 10.0 Å². The summed E-state index contributed by atoms with van der Waals surface area (Å²) in [7, 11) is -3.29. The number of carbonyl (C=O) groups excluding carboxylic acids is 1. The van der Waals surface area contributed by atoms with E-state index in [1.165, 1.54) is 4.31 Å². The van der Waals surface area contributed by atoms with Gasteiger partial charge in [-0.15, -0.1) is 0 Å². The first-order valence-electron chi connectivity index (χ1n) is 10.6. The van der Waals surface area contributed by atoms with Gasteiger partial charge in [0.2, 0.25) is 10.0 Å². The van der Waals surface area contributed by atoms with Gasteiger partial charge in [-0.1, -0.05) is 23.7 Å². The first kappa shape index (κ1) is 21.5. The van der Waals surface area contributed by atoms with E-state index in [9.17, 15) is 13.2 Å². The Morgan fingerprint density at radius 3 is 2.58 bits per heavy atom. The summed E-state index contributed by atoms with van der Waals surface area (Å²) < 4.78 is 26.0. The highest BCUT2D eigenvalue weighted by Gasteiger charge is 2.26. The zero-order valence-electron chi connectivity index (χ0n) is 17.6. The molecule has 168 valence electrons. The second-order valence-corrected chi connectivity index (χ2v) is 10.3. The molecule has 0 unspecified atom stereocenters. The van der Waals surface area contributed by atoms with Crippen molar-refractivity contribution in [1.82, 2.24) is 9.97 Å². The fraction of sp³-hybridized carbons (Fsp3) is 0.167. The molecule has 5 rings (SSSR count). The van der Waals surface area contributed by atoms with Crippen LogP contribution in [0.4, 0.5) is 11.4 Å². The molecule has 33 heavy (non-hydrogen) atoms. The number of amides is 1. The Morgan fingerprint density at radius 2 is 1.82 bits per heavy atom. The average molecular weight is 481 g/mol. The summed E-state index contributed by atoms with van der Waals surface area (Å²) in [5.41, 5.74) is 3.97. The Balaban J connectivity index is 1.36. The molecule has 7 nitrogen and oxygen atoms in total. The van der Waals surface area contributed by atoms with Crippen LogP contribution >= 0.6 is 11.6 Å². The number of aromatic nitrogens is 2. The Bertz CT molecular complexity index is 1420. The van der Waals surface area contributed by atoms with Crippen molar-refractivity contribution in [3.8, 4) is 11.4 Å². The second kappa shape index (κ2) is 8.53. The number of halogens is 1. The molecule has 1 aliphatic rings. The predicted octanol–water partition coefficient (Wildman–Crippen LogP) is 5.07. The Labute approximate surface area is 196 Å². The van der Waals surface area contributed by atoms with Crippen LogP contribution in [0, 0.1) is 0 Å². The number of fused-ring (bicyclic) bond motifs is 1. The van der Waals surface area contributed by atoms with E-state index in [4.69, 9.17) is 11.6 Å². The molecule has 0 spiro atoms. The summed E-state index contributed by atoms with van der Waals surface area (Å²) in [6.45, 7) is 0.462. The monoisotopic (exact) mass is 480 g/mol. The van der Waals surface area contributed by atoms with Crippen molar-refractivity contribution < 1.29 is 13.2 Å². The number of hydrogen-bond acceptors (Lipinski definition) is 4. The van der Waals surface area contributed by atoms with Gasteiger partial charge in [0.1, 0.15) is 5.82 Å². The minimum atomic E-state index is -3.29. The number of benzene rings is 3. The van der Waals surface area contributed by atoms with Crippen molar-refractivity contribution in [2.75, 3.05) is 21.9 Å². The average Bonchev–Trinajstić information content (AvgIpc) is 3.24. The molecule has 1 aromatic heterocycles. The zero-order valence-corrected chi connectivity index (χ0v) is 19.2. The summed E-state index contributed by atoms with van der Waals surface area (Å²) in [5, 5.41) is 3.39. The summed E-state index contributed by atoms with van der Waals surface area (Å²) >= 11 is 6.40. The number of H-pyrrole nitrogens is 1. The maximum Gasteiger partial charge on any atom is 0.255 e. The van der Waals surface area contributed by atoms with E-state index in [0.717, 1.165) is 17.5 Å². The molecular formula is C24H21ClN4O3S. The zero-order chi connectivity index (χ0) is 23.0. The number of rotatable bonds is 4. The second-order valence-electron chi connectivity index (χ2n) is 7.89. The molecule has 1 saturated heterocycles. The van der Waals surface area contributed by atoms with Crippen LogP contribution in [0.2, 0.25) is 5.02 Å². The normalized spacial score (nSPS) is 15.5. The molecule has 0 bridgehead atoms. The van der Waals surface area contributed by atoms with Gasteiger partial charge in [-0.05, 0) is 67.4 Å². The number of carbonyl (C=O) groups is 1. The van der Waals surface area contributed by atoms with Crippen LogP contribution in [0.5, 0.6) is 0 Å². The number of nitrogens with one attached hydrogen (secondary N) is 2. The van der Waals surface area contributed by atoms with E-state index in [-0.39, 0.29) is 11.7 Å². The maximum atomic E-state index is 12.8. The lowest BCUT2D eigenvalue weighted by molar-refractivity contribution is 0.102. The van der Waals surface area contributed by atoms with Gasteiger partial charge in [-0.2, -0.15) is 0 Å². The van der Waals surface area contributed by atoms with Gasteiger partial charge in [0.15, 0.2) is 0 Å². The van der Waals surface area contributed by atoms with Crippen molar-refractivity contribution in [3.63, 3.8) is 0 Å². The Kier molecular flexibility index (Phi) is 5.55. The Hall–Kier alpha value is -3.36. The maximum absolute atomic E-state index is 12.8. The van der Waals surface area contributed by atoms with E-state index in [1.807, 2.05) is 24.3 Å². The van der Waals surface area contributed by atoms with Gasteiger partial charge >= 0.3 is 0 Å². The third-order valence-corrected chi connectivity index (χ3v) is 7.83. The molecule has 0 saturated carbocycles. The van der Waals surface area contributed by atoms with E-state index in [2.05, 4.69) is 15.3 Å². The Morgan fingerprint density at radius 1 is 1.03 bits per heavy atom. The van der Waals surface area contributed by atoms with Gasteiger partial charge in [0.05, 0.1) is 27.5 Å². The third kappa shape index (κ3) is 4.31. The summed E-state index contributed by atoms with van der Waals surface area (Å²) in [5.74, 6) is 0.463. The molecule has 0 aliphatic carbocycles. The SMILES string of the molecule is O=C(Nc1ccc(Cl)c(-c2nc3ccccc3[nH]2)c1)c1ccc(N2CCCCS2(=O)=O)cc1. The minimum absolute atomic E-state index is 0.152. The molecule has 3 aromatic carbocycles. The number of anilines is 2. The van der Waals surface area contributed by atoms with Crippen LogP contribution in [0.15, 0.2) is 66.7 Å². The van der Waals surface area contributed by atoms with Gasteiger partial charge in [-0.25, -0.2) is 13.4 Å². The molecule has 2 N–H and O–H groups in total. The summed E-state index contributed by atoms with van der Waals surface area (Å²) in [6.07, 6.45) is 1.50. The van der Waals surface area contributed by atoms with Gasteiger partial charge in [0, 0.05) is 23.4 Å². The van der Waals surface area contributed by atoms with Crippen molar-refractivity contribution in [2.24, 2.45) is 0 Å². The van der Waals surface area contributed by atoms with E-state index in [1.54, 1.807) is 42.5 Å². The third-order valence-electron chi connectivity index (χ3n) is 5.64. The first-order valence-corrected chi connectivity index (χ1v) is 12.6. The summed E-state index contributed by atoms with van der Waals surface area (Å²) in [4.78, 5) is 20.6.